The van der Waals surface area contributed by atoms with Crippen molar-refractivity contribution in [2.45, 2.75) is 13.0 Å². The first-order valence-corrected chi connectivity index (χ1v) is 9.12. The largest absolute Gasteiger partial charge is 0.495 e. The highest BCUT2D eigenvalue weighted by Gasteiger charge is 2.24. The number of fused-ring (bicyclic) bond motifs is 1. The number of amides is 1. The van der Waals surface area contributed by atoms with Gasteiger partial charge in [0.1, 0.15) is 16.4 Å². The number of methoxy groups -OCH3 is 1. The quantitative estimate of drug-likeness (QED) is 0.612. The molecule has 1 heterocycles. The summed E-state index contributed by atoms with van der Waals surface area (Å²) >= 11 is 7.22. The van der Waals surface area contributed by atoms with Crippen LogP contribution in [0.1, 0.15) is 16.6 Å². The Morgan fingerprint density at radius 3 is 2.70 bits per heavy atom. The van der Waals surface area contributed by atoms with Gasteiger partial charge in [0.05, 0.1) is 17.8 Å². The normalized spacial score (nSPS) is 11.9. The molecule has 140 valence electrons. The lowest BCUT2D eigenvalue weighted by Gasteiger charge is -2.14. The van der Waals surface area contributed by atoms with Gasteiger partial charge in [0.15, 0.2) is 6.10 Å². The minimum absolute atomic E-state index is 0.120. The van der Waals surface area contributed by atoms with Crippen molar-refractivity contribution in [1.82, 2.24) is 0 Å². The van der Waals surface area contributed by atoms with Crippen LogP contribution in [-0.2, 0) is 9.53 Å². The fourth-order valence-corrected chi connectivity index (χ4v) is 3.84. The number of para-hydroxylation sites is 2. The molecule has 1 aromatic heterocycles. The Labute approximate surface area is 163 Å². The number of rotatable bonds is 5. The molecule has 0 aliphatic rings. The van der Waals surface area contributed by atoms with Crippen molar-refractivity contribution in [2.24, 2.45) is 0 Å². The first kappa shape index (κ1) is 19.1. The zero-order chi connectivity index (χ0) is 19.6. The van der Waals surface area contributed by atoms with Crippen LogP contribution in [0.3, 0.4) is 0 Å². The summed E-state index contributed by atoms with van der Waals surface area (Å²) in [5.41, 5.74) is 0.461. The van der Waals surface area contributed by atoms with Crippen LogP contribution in [0, 0.1) is 5.82 Å². The van der Waals surface area contributed by atoms with Crippen LogP contribution < -0.4 is 10.1 Å². The summed E-state index contributed by atoms with van der Waals surface area (Å²) in [6, 6.07) is 10.9. The van der Waals surface area contributed by atoms with Crippen LogP contribution in [0.15, 0.2) is 42.5 Å². The Morgan fingerprint density at radius 2 is 1.96 bits per heavy atom. The van der Waals surface area contributed by atoms with Gasteiger partial charge in [-0.25, -0.2) is 9.18 Å². The molecule has 0 saturated heterocycles. The number of ether oxygens (including phenoxy) is 2. The molecule has 0 aliphatic heterocycles. The molecule has 27 heavy (non-hydrogen) atoms. The Balaban J connectivity index is 1.73. The van der Waals surface area contributed by atoms with E-state index in [-0.39, 0.29) is 9.90 Å². The van der Waals surface area contributed by atoms with Crippen LogP contribution in [0.25, 0.3) is 10.1 Å². The molecule has 1 atom stereocenters. The highest BCUT2D eigenvalue weighted by Crippen LogP contribution is 2.36. The Morgan fingerprint density at radius 1 is 1.22 bits per heavy atom. The summed E-state index contributed by atoms with van der Waals surface area (Å²) in [5, 5.41) is 3.38. The number of halogens is 2. The van der Waals surface area contributed by atoms with Gasteiger partial charge in [0, 0.05) is 10.1 Å². The second kappa shape index (κ2) is 7.94. The van der Waals surface area contributed by atoms with Crippen LogP contribution in [0.5, 0.6) is 5.75 Å². The predicted molar refractivity (Wildman–Crippen MR) is 103 cm³/mol. The minimum Gasteiger partial charge on any atom is -0.495 e. The summed E-state index contributed by atoms with van der Waals surface area (Å²) in [6.45, 7) is 1.45. The van der Waals surface area contributed by atoms with E-state index in [0.717, 1.165) is 11.3 Å². The van der Waals surface area contributed by atoms with Crippen molar-refractivity contribution in [3.8, 4) is 5.75 Å². The van der Waals surface area contributed by atoms with E-state index in [9.17, 15) is 14.0 Å². The van der Waals surface area contributed by atoms with Gasteiger partial charge in [-0.15, -0.1) is 11.3 Å². The molecule has 2 aromatic carbocycles. The topological polar surface area (TPSA) is 64.6 Å². The third-order valence-electron chi connectivity index (χ3n) is 3.79. The highest BCUT2D eigenvalue weighted by atomic mass is 35.5. The minimum atomic E-state index is -1.07. The molecule has 0 radical (unpaired) electrons. The number of carbonyl (C=O) groups excluding carboxylic acids is 2. The van der Waals surface area contributed by atoms with E-state index < -0.39 is 23.8 Å². The second-order valence-electron chi connectivity index (χ2n) is 5.62. The maximum Gasteiger partial charge on any atom is 0.350 e. The fourth-order valence-electron chi connectivity index (χ4n) is 2.42. The van der Waals surface area contributed by atoms with Gasteiger partial charge < -0.3 is 14.8 Å². The summed E-state index contributed by atoms with van der Waals surface area (Å²) in [7, 11) is 1.49. The monoisotopic (exact) mass is 407 g/mol. The Kier molecular flexibility index (Phi) is 5.62. The third kappa shape index (κ3) is 4.04. The third-order valence-corrected chi connectivity index (χ3v) is 5.43. The molecule has 1 N–H and O–H groups in total. The number of hydrogen-bond acceptors (Lipinski definition) is 5. The van der Waals surface area contributed by atoms with E-state index in [1.807, 2.05) is 0 Å². The lowest BCUT2D eigenvalue weighted by atomic mass is 10.2. The molecule has 0 saturated carbocycles. The lowest BCUT2D eigenvalue weighted by molar-refractivity contribution is -0.123. The lowest BCUT2D eigenvalue weighted by Crippen LogP contribution is -2.30. The van der Waals surface area contributed by atoms with Gasteiger partial charge in [-0.2, -0.15) is 0 Å². The van der Waals surface area contributed by atoms with E-state index in [1.165, 1.54) is 32.2 Å². The van der Waals surface area contributed by atoms with Crippen LogP contribution in [0.4, 0.5) is 10.1 Å². The Bertz CT molecular complexity index is 1020. The molecule has 3 aromatic rings. The van der Waals surface area contributed by atoms with Crippen molar-refractivity contribution in [1.29, 1.82) is 0 Å². The summed E-state index contributed by atoms with van der Waals surface area (Å²) in [4.78, 5) is 24.9. The van der Waals surface area contributed by atoms with Gasteiger partial charge in [-0.1, -0.05) is 23.7 Å². The SMILES string of the molecule is COc1ccccc1NC(=O)[C@@H](C)OC(=O)c1sc2cc(F)ccc2c1Cl. The van der Waals surface area contributed by atoms with Crippen LogP contribution >= 0.6 is 22.9 Å². The second-order valence-corrected chi connectivity index (χ2v) is 7.05. The van der Waals surface area contributed by atoms with Gasteiger partial charge in [-0.05, 0) is 37.3 Å². The van der Waals surface area contributed by atoms with Gasteiger partial charge in [-0.3, -0.25) is 4.79 Å². The predicted octanol–water partition coefficient (Wildman–Crippen LogP) is 4.89. The molecule has 0 spiro atoms. The molecule has 8 heteroatoms. The van der Waals surface area contributed by atoms with Crippen LogP contribution in [-0.4, -0.2) is 25.1 Å². The maximum atomic E-state index is 13.3. The molecule has 3 rings (SSSR count). The van der Waals surface area contributed by atoms with Crippen molar-refractivity contribution in [3.05, 3.63) is 58.2 Å². The number of esters is 1. The number of hydrogen-bond donors (Lipinski definition) is 1. The molecule has 1 amide bonds. The smallest absolute Gasteiger partial charge is 0.350 e. The van der Waals surface area contributed by atoms with E-state index in [4.69, 9.17) is 21.1 Å². The number of nitrogens with one attached hydrogen (secondary N) is 1. The molecular formula is C19H15ClFNO4S. The van der Waals surface area contributed by atoms with E-state index >= 15 is 0 Å². The molecule has 0 unspecified atom stereocenters. The number of thiophene rings is 1. The fraction of sp³-hybridized carbons (Fsp3) is 0.158. The zero-order valence-corrected chi connectivity index (χ0v) is 16.0. The van der Waals surface area contributed by atoms with Gasteiger partial charge >= 0.3 is 5.97 Å². The van der Waals surface area contributed by atoms with Crippen molar-refractivity contribution in [2.75, 3.05) is 12.4 Å². The average Bonchev–Trinajstić information content (AvgIpc) is 2.98. The van der Waals surface area contributed by atoms with E-state index in [0.29, 0.717) is 21.5 Å². The number of carbonyl (C=O) groups is 2. The van der Waals surface area contributed by atoms with Gasteiger partial charge in [0.25, 0.3) is 5.91 Å². The number of anilines is 1. The average molecular weight is 408 g/mol. The number of benzene rings is 2. The van der Waals surface area contributed by atoms with Crippen molar-refractivity contribution < 1.29 is 23.5 Å². The van der Waals surface area contributed by atoms with Crippen LogP contribution in [0.2, 0.25) is 5.02 Å². The van der Waals surface area contributed by atoms with Crippen molar-refractivity contribution >= 4 is 50.6 Å². The Hall–Kier alpha value is -2.64. The standard InChI is InChI=1S/C19H15ClFNO4S/c1-10(18(23)22-13-5-3-4-6-14(13)25-2)26-19(24)17-16(20)12-8-7-11(21)9-15(12)27-17/h3-10H,1-2H3,(H,22,23)/t10-/m1/s1. The molecule has 5 nitrogen and oxygen atoms in total. The summed E-state index contributed by atoms with van der Waals surface area (Å²) in [6.07, 6.45) is -1.07. The summed E-state index contributed by atoms with van der Waals surface area (Å²) < 4.78 is 24.3. The zero-order valence-electron chi connectivity index (χ0n) is 14.4. The first-order chi connectivity index (χ1) is 12.9. The molecule has 0 aliphatic carbocycles. The van der Waals surface area contributed by atoms with Gasteiger partial charge in [0.2, 0.25) is 0 Å². The summed E-state index contributed by atoms with van der Waals surface area (Å²) in [5.74, 6) is -1.20. The maximum absolute atomic E-state index is 13.3. The van der Waals surface area contributed by atoms with E-state index in [1.54, 1.807) is 24.3 Å². The van der Waals surface area contributed by atoms with E-state index in [2.05, 4.69) is 5.32 Å². The highest BCUT2D eigenvalue weighted by molar-refractivity contribution is 7.21. The molecular weight excluding hydrogens is 393 g/mol. The molecule has 0 bridgehead atoms. The van der Waals surface area contributed by atoms with Crippen molar-refractivity contribution in [3.63, 3.8) is 0 Å². The molecule has 0 fully saturated rings. The first-order valence-electron chi connectivity index (χ1n) is 7.93.